The van der Waals surface area contributed by atoms with E-state index in [4.69, 9.17) is 21.1 Å². The van der Waals surface area contributed by atoms with Gasteiger partial charge in [-0.3, -0.25) is 10.1 Å². The van der Waals surface area contributed by atoms with Gasteiger partial charge in [-0.2, -0.15) is 0 Å². The molecule has 0 spiro atoms. The number of ether oxygens (including phenoxy) is 2. The summed E-state index contributed by atoms with van der Waals surface area (Å²) >= 11 is 6.05. The van der Waals surface area contributed by atoms with Gasteiger partial charge in [-0.15, -0.1) is 0 Å². The van der Waals surface area contributed by atoms with Crippen LogP contribution < -0.4 is 20.1 Å². The van der Waals surface area contributed by atoms with Gasteiger partial charge in [0.05, 0.1) is 26.8 Å². The van der Waals surface area contributed by atoms with Gasteiger partial charge in [-0.25, -0.2) is 0 Å². The van der Waals surface area contributed by atoms with E-state index in [1.54, 1.807) is 14.2 Å². The van der Waals surface area contributed by atoms with Gasteiger partial charge < -0.3 is 14.8 Å². The Morgan fingerprint density at radius 3 is 2.41 bits per heavy atom. The van der Waals surface area contributed by atoms with Crippen molar-refractivity contribution in [2.75, 3.05) is 20.8 Å². The summed E-state index contributed by atoms with van der Waals surface area (Å²) in [7, 11) is 3.24. The van der Waals surface area contributed by atoms with Gasteiger partial charge in [-0.05, 0) is 55.7 Å². The SMILES string of the molecule is COc1ccc(OC)c([C@@H](C)NC(=O)CNC2(c3ccc(Cl)cc3)CCCC2)c1. The number of methoxy groups -OCH3 is 2. The van der Waals surface area contributed by atoms with Crippen molar-refractivity contribution in [3.63, 3.8) is 0 Å². The number of carbonyl (C=O) groups excluding carboxylic acids is 1. The highest BCUT2D eigenvalue weighted by Gasteiger charge is 2.35. The molecule has 6 heteroatoms. The Morgan fingerprint density at radius 1 is 1.10 bits per heavy atom. The molecule has 1 amide bonds. The van der Waals surface area contributed by atoms with Crippen LogP contribution in [0.3, 0.4) is 0 Å². The highest BCUT2D eigenvalue weighted by Crippen LogP contribution is 2.39. The van der Waals surface area contributed by atoms with Gasteiger partial charge >= 0.3 is 0 Å². The molecule has 29 heavy (non-hydrogen) atoms. The van der Waals surface area contributed by atoms with Crippen LogP contribution >= 0.6 is 11.6 Å². The van der Waals surface area contributed by atoms with E-state index in [-0.39, 0.29) is 24.0 Å². The number of halogens is 1. The van der Waals surface area contributed by atoms with E-state index in [0.29, 0.717) is 0 Å². The second-order valence-corrected chi connectivity index (χ2v) is 7.98. The van der Waals surface area contributed by atoms with Crippen molar-refractivity contribution in [1.82, 2.24) is 10.6 Å². The third-order valence-corrected chi connectivity index (χ3v) is 5.97. The molecule has 0 bridgehead atoms. The van der Waals surface area contributed by atoms with Crippen LogP contribution in [0.1, 0.15) is 49.8 Å². The molecule has 156 valence electrons. The van der Waals surface area contributed by atoms with E-state index < -0.39 is 0 Å². The van der Waals surface area contributed by atoms with Gasteiger partial charge in [0, 0.05) is 16.1 Å². The third kappa shape index (κ3) is 5.03. The molecule has 1 aliphatic rings. The van der Waals surface area contributed by atoms with Crippen LogP contribution in [0.4, 0.5) is 0 Å². The monoisotopic (exact) mass is 416 g/mol. The van der Waals surface area contributed by atoms with Crippen LogP contribution in [0.2, 0.25) is 5.02 Å². The first-order chi connectivity index (χ1) is 14.0. The first kappa shape index (κ1) is 21.5. The summed E-state index contributed by atoms with van der Waals surface area (Å²) in [6.07, 6.45) is 4.33. The molecule has 0 heterocycles. The molecule has 2 aromatic carbocycles. The number of amides is 1. The molecule has 1 aliphatic carbocycles. The summed E-state index contributed by atoms with van der Waals surface area (Å²) in [6, 6.07) is 13.3. The second-order valence-electron chi connectivity index (χ2n) is 7.55. The van der Waals surface area contributed by atoms with Crippen molar-refractivity contribution in [2.24, 2.45) is 0 Å². The standard InChI is InChI=1S/C23H29ClN2O3/c1-16(20-14-19(28-2)10-11-21(20)29-3)26-22(27)15-25-23(12-4-5-13-23)17-6-8-18(24)9-7-17/h6-11,14,16,25H,4-5,12-13,15H2,1-3H3,(H,26,27)/t16-/m1/s1. The lowest BCUT2D eigenvalue weighted by atomic mass is 9.88. The van der Waals surface area contributed by atoms with E-state index in [2.05, 4.69) is 22.8 Å². The van der Waals surface area contributed by atoms with E-state index >= 15 is 0 Å². The van der Waals surface area contributed by atoms with E-state index in [1.807, 2.05) is 37.3 Å². The molecule has 1 atom stereocenters. The lowest BCUT2D eigenvalue weighted by Crippen LogP contribution is -2.45. The van der Waals surface area contributed by atoms with Gasteiger partial charge in [0.25, 0.3) is 0 Å². The zero-order valence-corrected chi connectivity index (χ0v) is 18.0. The van der Waals surface area contributed by atoms with Gasteiger partial charge in [0.15, 0.2) is 0 Å². The van der Waals surface area contributed by atoms with Crippen molar-refractivity contribution in [1.29, 1.82) is 0 Å². The number of hydrogen-bond acceptors (Lipinski definition) is 4. The summed E-state index contributed by atoms with van der Waals surface area (Å²) < 4.78 is 10.7. The van der Waals surface area contributed by atoms with Crippen molar-refractivity contribution >= 4 is 17.5 Å². The Labute approximate surface area is 177 Å². The Hall–Kier alpha value is -2.24. The minimum Gasteiger partial charge on any atom is -0.497 e. The first-order valence-corrected chi connectivity index (χ1v) is 10.4. The number of nitrogens with one attached hydrogen (secondary N) is 2. The third-order valence-electron chi connectivity index (χ3n) is 5.72. The Morgan fingerprint density at radius 2 is 1.79 bits per heavy atom. The average molecular weight is 417 g/mol. The maximum absolute atomic E-state index is 12.7. The van der Waals surface area contributed by atoms with Crippen LogP contribution in [0, 0.1) is 0 Å². The zero-order chi connectivity index (χ0) is 20.9. The summed E-state index contributed by atoms with van der Waals surface area (Å²) in [4.78, 5) is 12.7. The molecule has 0 saturated heterocycles. The van der Waals surface area contributed by atoms with Crippen molar-refractivity contribution in [3.8, 4) is 11.5 Å². The fourth-order valence-electron chi connectivity index (χ4n) is 4.11. The van der Waals surface area contributed by atoms with Crippen molar-refractivity contribution in [2.45, 2.75) is 44.2 Å². The summed E-state index contributed by atoms with van der Waals surface area (Å²) in [5, 5.41) is 7.32. The van der Waals surface area contributed by atoms with E-state index in [9.17, 15) is 4.79 Å². The van der Waals surface area contributed by atoms with Crippen molar-refractivity contribution < 1.29 is 14.3 Å². The van der Waals surface area contributed by atoms with Crippen LogP contribution in [0.5, 0.6) is 11.5 Å². The molecule has 0 aliphatic heterocycles. The molecule has 5 nitrogen and oxygen atoms in total. The van der Waals surface area contributed by atoms with Crippen LogP contribution in [0.15, 0.2) is 42.5 Å². The second kappa shape index (κ2) is 9.51. The molecule has 2 aromatic rings. The quantitative estimate of drug-likeness (QED) is 0.660. The predicted octanol–water partition coefficient (Wildman–Crippen LogP) is 4.59. The normalized spacial score (nSPS) is 16.3. The highest BCUT2D eigenvalue weighted by atomic mass is 35.5. The summed E-state index contributed by atoms with van der Waals surface area (Å²) in [5.41, 5.74) is 1.90. The molecule has 1 fully saturated rings. The number of hydrogen-bond donors (Lipinski definition) is 2. The minimum absolute atomic E-state index is 0.0531. The summed E-state index contributed by atoms with van der Waals surface area (Å²) in [5.74, 6) is 1.40. The largest absolute Gasteiger partial charge is 0.497 e. The first-order valence-electron chi connectivity index (χ1n) is 10.00. The smallest absolute Gasteiger partial charge is 0.234 e. The number of rotatable bonds is 8. The van der Waals surface area contributed by atoms with Crippen molar-refractivity contribution in [3.05, 3.63) is 58.6 Å². The lowest BCUT2D eigenvalue weighted by Gasteiger charge is -2.31. The minimum atomic E-state index is -0.204. The molecule has 2 N–H and O–H groups in total. The zero-order valence-electron chi connectivity index (χ0n) is 17.3. The fourth-order valence-corrected chi connectivity index (χ4v) is 4.24. The number of carbonyl (C=O) groups is 1. The molecular weight excluding hydrogens is 388 g/mol. The van der Waals surface area contributed by atoms with E-state index in [1.165, 1.54) is 5.56 Å². The van der Waals surface area contributed by atoms with E-state index in [0.717, 1.165) is 47.8 Å². The highest BCUT2D eigenvalue weighted by molar-refractivity contribution is 6.30. The molecular formula is C23H29ClN2O3. The fraction of sp³-hybridized carbons (Fsp3) is 0.435. The molecule has 3 rings (SSSR count). The van der Waals surface area contributed by atoms with Crippen LogP contribution in [-0.2, 0) is 10.3 Å². The van der Waals surface area contributed by atoms with Gasteiger partial charge in [0.2, 0.25) is 5.91 Å². The summed E-state index contributed by atoms with van der Waals surface area (Å²) in [6.45, 7) is 2.19. The predicted molar refractivity (Wildman–Crippen MR) is 116 cm³/mol. The Balaban J connectivity index is 1.66. The Bertz CT molecular complexity index is 833. The van der Waals surface area contributed by atoms with Gasteiger partial charge in [0.1, 0.15) is 11.5 Å². The van der Waals surface area contributed by atoms with Gasteiger partial charge in [-0.1, -0.05) is 36.6 Å². The lowest BCUT2D eigenvalue weighted by molar-refractivity contribution is -0.121. The average Bonchev–Trinajstić information content (AvgIpc) is 3.22. The maximum atomic E-state index is 12.7. The topological polar surface area (TPSA) is 59.6 Å². The maximum Gasteiger partial charge on any atom is 0.234 e. The van der Waals surface area contributed by atoms with Crippen LogP contribution in [0.25, 0.3) is 0 Å². The molecule has 0 aromatic heterocycles. The molecule has 0 radical (unpaired) electrons. The molecule has 1 saturated carbocycles. The van der Waals surface area contributed by atoms with Crippen LogP contribution in [-0.4, -0.2) is 26.7 Å². The number of benzene rings is 2. The molecule has 0 unspecified atom stereocenters. The Kier molecular flexibility index (Phi) is 7.04.